The molecule has 1 N–H and O–H groups in total. The van der Waals surface area contributed by atoms with Gasteiger partial charge in [-0.1, -0.05) is 36.4 Å². The molecule has 0 aromatic heterocycles. The van der Waals surface area contributed by atoms with Gasteiger partial charge in [0.15, 0.2) is 0 Å². The Morgan fingerprint density at radius 1 is 0.815 bits per heavy atom. The van der Waals surface area contributed by atoms with Crippen LogP contribution in [0.25, 0.3) is 11.1 Å². The molecule has 1 amide bonds. The minimum atomic E-state index is -0.396. The molecule has 0 saturated carbocycles. The van der Waals surface area contributed by atoms with Crippen molar-refractivity contribution in [2.45, 2.75) is 6.54 Å². The predicted molar refractivity (Wildman–Crippen MR) is 101 cm³/mol. The lowest BCUT2D eigenvalue weighted by atomic mass is 10.0. The number of amides is 1. The molecule has 0 aliphatic heterocycles. The van der Waals surface area contributed by atoms with Crippen molar-refractivity contribution in [3.05, 3.63) is 95.3 Å². The van der Waals surface area contributed by atoms with Crippen molar-refractivity contribution in [2.24, 2.45) is 0 Å². The van der Waals surface area contributed by atoms with E-state index in [2.05, 4.69) is 10.1 Å². The lowest BCUT2D eigenvalue weighted by molar-refractivity contribution is 0.0600. The van der Waals surface area contributed by atoms with Gasteiger partial charge < -0.3 is 10.1 Å². The Balaban J connectivity index is 1.61. The Morgan fingerprint density at radius 3 is 1.89 bits per heavy atom. The first kappa shape index (κ1) is 18.3. The highest BCUT2D eigenvalue weighted by molar-refractivity contribution is 5.94. The van der Waals surface area contributed by atoms with E-state index in [4.69, 9.17) is 0 Å². The summed E-state index contributed by atoms with van der Waals surface area (Å²) in [4.78, 5) is 23.7. The Kier molecular flexibility index (Phi) is 5.61. The number of hydrogen-bond donors (Lipinski definition) is 1. The van der Waals surface area contributed by atoms with Crippen LogP contribution in [-0.2, 0) is 11.3 Å². The van der Waals surface area contributed by atoms with Crippen molar-refractivity contribution in [1.82, 2.24) is 5.32 Å². The zero-order valence-electron chi connectivity index (χ0n) is 14.7. The second-order valence-corrected chi connectivity index (χ2v) is 5.96. The van der Waals surface area contributed by atoms with E-state index in [1.54, 1.807) is 48.5 Å². The second kappa shape index (κ2) is 8.27. The van der Waals surface area contributed by atoms with Gasteiger partial charge in [0.25, 0.3) is 5.91 Å². The first-order chi connectivity index (χ1) is 13.1. The predicted octanol–water partition coefficient (Wildman–Crippen LogP) is 4.21. The van der Waals surface area contributed by atoms with E-state index in [-0.39, 0.29) is 11.7 Å². The fourth-order valence-electron chi connectivity index (χ4n) is 2.62. The highest BCUT2D eigenvalue weighted by atomic mass is 19.1. The summed E-state index contributed by atoms with van der Waals surface area (Å²) in [6.07, 6.45) is 0. The van der Waals surface area contributed by atoms with Crippen molar-refractivity contribution in [3.8, 4) is 11.1 Å². The maximum atomic E-state index is 13.0. The summed E-state index contributed by atoms with van der Waals surface area (Å²) in [5.41, 5.74) is 3.66. The van der Waals surface area contributed by atoms with Crippen LogP contribution in [0.15, 0.2) is 72.8 Å². The Hall–Kier alpha value is -3.47. The van der Waals surface area contributed by atoms with Crippen LogP contribution in [0.4, 0.5) is 4.39 Å². The van der Waals surface area contributed by atoms with Gasteiger partial charge in [0.05, 0.1) is 12.7 Å². The third kappa shape index (κ3) is 4.58. The fraction of sp³-hybridized carbons (Fsp3) is 0.0909. The fourth-order valence-corrected chi connectivity index (χ4v) is 2.62. The Labute approximate surface area is 156 Å². The standard InChI is InChI=1S/C22H18FNO3/c1-27-22(26)19-4-2-15(3-5-19)14-24-21(25)18-8-6-16(7-9-18)17-10-12-20(23)13-11-17/h2-13H,14H2,1H3,(H,24,25). The number of halogens is 1. The van der Waals surface area contributed by atoms with E-state index in [9.17, 15) is 14.0 Å². The first-order valence-corrected chi connectivity index (χ1v) is 8.38. The minimum Gasteiger partial charge on any atom is -0.465 e. The largest absolute Gasteiger partial charge is 0.465 e. The van der Waals surface area contributed by atoms with Gasteiger partial charge in [0, 0.05) is 12.1 Å². The van der Waals surface area contributed by atoms with Gasteiger partial charge >= 0.3 is 5.97 Å². The molecule has 0 saturated heterocycles. The zero-order chi connectivity index (χ0) is 19.2. The number of carbonyl (C=O) groups excluding carboxylic acids is 2. The van der Waals surface area contributed by atoms with Gasteiger partial charge in [-0.05, 0) is 53.1 Å². The van der Waals surface area contributed by atoms with E-state index in [1.165, 1.54) is 19.2 Å². The molecule has 0 heterocycles. The summed E-state index contributed by atoms with van der Waals surface area (Å²) < 4.78 is 17.7. The average Bonchev–Trinajstić information content (AvgIpc) is 2.72. The summed E-state index contributed by atoms with van der Waals surface area (Å²) in [5.74, 6) is -0.876. The molecule has 3 rings (SSSR count). The van der Waals surface area contributed by atoms with Gasteiger partial charge in [0.1, 0.15) is 5.82 Å². The molecule has 0 aliphatic carbocycles. The molecule has 0 spiro atoms. The van der Waals surface area contributed by atoms with Crippen molar-refractivity contribution < 1.29 is 18.7 Å². The van der Waals surface area contributed by atoms with Gasteiger partial charge in [-0.25, -0.2) is 9.18 Å². The summed E-state index contributed by atoms with van der Waals surface area (Å²) in [6.45, 7) is 0.347. The van der Waals surface area contributed by atoms with Crippen molar-refractivity contribution in [1.29, 1.82) is 0 Å². The number of hydrogen-bond acceptors (Lipinski definition) is 3. The minimum absolute atomic E-state index is 0.197. The summed E-state index contributed by atoms with van der Waals surface area (Å²) >= 11 is 0. The number of rotatable bonds is 5. The molecular weight excluding hydrogens is 345 g/mol. The van der Waals surface area contributed by atoms with Crippen molar-refractivity contribution >= 4 is 11.9 Å². The molecule has 3 aromatic rings. The lowest BCUT2D eigenvalue weighted by Crippen LogP contribution is -2.22. The van der Waals surface area contributed by atoms with E-state index in [1.807, 2.05) is 12.1 Å². The summed E-state index contributed by atoms with van der Waals surface area (Å²) in [6, 6.07) is 20.2. The van der Waals surface area contributed by atoms with Gasteiger partial charge in [-0.2, -0.15) is 0 Å². The van der Waals surface area contributed by atoms with Gasteiger partial charge in [0.2, 0.25) is 0 Å². The maximum absolute atomic E-state index is 13.0. The van der Waals surface area contributed by atoms with Crippen molar-refractivity contribution in [2.75, 3.05) is 7.11 Å². The Morgan fingerprint density at radius 2 is 1.33 bits per heavy atom. The molecule has 27 heavy (non-hydrogen) atoms. The van der Waals surface area contributed by atoms with Gasteiger partial charge in [-0.15, -0.1) is 0 Å². The van der Waals surface area contributed by atoms with E-state index in [0.717, 1.165) is 16.7 Å². The van der Waals surface area contributed by atoms with Crippen LogP contribution in [0.1, 0.15) is 26.3 Å². The van der Waals surface area contributed by atoms with E-state index < -0.39 is 5.97 Å². The van der Waals surface area contributed by atoms with Crippen LogP contribution in [0.5, 0.6) is 0 Å². The first-order valence-electron chi connectivity index (χ1n) is 8.38. The van der Waals surface area contributed by atoms with Crippen molar-refractivity contribution in [3.63, 3.8) is 0 Å². The monoisotopic (exact) mass is 363 g/mol. The molecule has 0 aliphatic rings. The van der Waals surface area contributed by atoms with Crippen LogP contribution in [0.3, 0.4) is 0 Å². The number of ether oxygens (including phenoxy) is 1. The smallest absolute Gasteiger partial charge is 0.337 e. The van der Waals surface area contributed by atoms with Crippen LogP contribution >= 0.6 is 0 Å². The molecule has 4 nitrogen and oxygen atoms in total. The number of methoxy groups -OCH3 is 1. The molecule has 0 atom stereocenters. The van der Waals surface area contributed by atoms with E-state index in [0.29, 0.717) is 17.7 Å². The summed E-state index contributed by atoms with van der Waals surface area (Å²) in [7, 11) is 1.33. The van der Waals surface area contributed by atoms with Crippen LogP contribution in [-0.4, -0.2) is 19.0 Å². The Bertz CT molecular complexity index is 933. The third-order valence-corrected chi connectivity index (χ3v) is 4.15. The number of esters is 1. The maximum Gasteiger partial charge on any atom is 0.337 e. The molecule has 0 bridgehead atoms. The van der Waals surface area contributed by atoms with E-state index >= 15 is 0 Å². The lowest BCUT2D eigenvalue weighted by Gasteiger charge is -2.07. The van der Waals surface area contributed by atoms with Crippen LogP contribution in [0.2, 0.25) is 0 Å². The normalized spacial score (nSPS) is 10.3. The average molecular weight is 363 g/mol. The van der Waals surface area contributed by atoms with Gasteiger partial charge in [-0.3, -0.25) is 4.79 Å². The summed E-state index contributed by atoms with van der Waals surface area (Å²) in [5, 5.41) is 2.84. The molecule has 5 heteroatoms. The van der Waals surface area contributed by atoms with Crippen LogP contribution < -0.4 is 5.32 Å². The molecule has 0 fully saturated rings. The molecule has 136 valence electrons. The highest BCUT2D eigenvalue weighted by Gasteiger charge is 2.08. The van der Waals surface area contributed by atoms with Crippen LogP contribution in [0, 0.1) is 5.82 Å². The third-order valence-electron chi connectivity index (χ3n) is 4.15. The SMILES string of the molecule is COC(=O)c1ccc(CNC(=O)c2ccc(-c3ccc(F)cc3)cc2)cc1. The number of carbonyl (C=O) groups is 2. The molecular formula is C22H18FNO3. The highest BCUT2D eigenvalue weighted by Crippen LogP contribution is 2.20. The topological polar surface area (TPSA) is 55.4 Å². The number of nitrogens with one attached hydrogen (secondary N) is 1. The molecule has 3 aromatic carbocycles. The number of benzene rings is 3. The quantitative estimate of drug-likeness (QED) is 0.691. The molecule has 0 unspecified atom stereocenters. The zero-order valence-corrected chi connectivity index (χ0v) is 14.7. The molecule has 0 radical (unpaired) electrons. The second-order valence-electron chi connectivity index (χ2n) is 5.96.